The number of anilines is 2. The molecule has 0 unspecified atom stereocenters. The van der Waals surface area contributed by atoms with Crippen molar-refractivity contribution in [2.75, 3.05) is 23.3 Å². The first kappa shape index (κ1) is 13.7. The topological polar surface area (TPSA) is 41.1 Å². The minimum absolute atomic E-state index is 0.612. The van der Waals surface area contributed by atoms with Crippen LogP contribution in [0.2, 0.25) is 0 Å². The Bertz CT molecular complexity index is 432. The van der Waals surface area contributed by atoms with E-state index in [-0.39, 0.29) is 0 Å². The summed E-state index contributed by atoms with van der Waals surface area (Å²) in [7, 11) is 0. The predicted molar refractivity (Wildman–Crippen MR) is 83.3 cm³/mol. The lowest BCUT2D eigenvalue weighted by Gasteiger charge is -2.22. The monoisotopic (exact) mass is 274 g/mol. The molecule has 4 heteroatoms. The van der Waals surface area contributed by atoms with Gasteiger partial charge in [-0.3, -0.25) is 0 Å². The Morgan fingerprint density at radius 1 is 1.00 bits per heavy atom. The van der Waals surface area contributed by atoms with E-state index in [4.69, 9.17) is 4.98 Å². The smallest absolute Gasteiger partial charge is 0.227 e. The maximum absolute atomic E-state index is 4.77. The van der Waals surface area contributed by atoms with Crippen LogP contribution < -0.4 is 10.2 Å². The average Bonchev–Trinajstić information content (AvgIpc) is 2.78. The van der Waals surface area contributed by atoms with Gasteiger partial charge in [-0.2, -0.15) is 4.98 Å². The maximum Gasteiger partial charge on any atom is 0.227 e. The molecule has 1 aromatic rings. The van der Waals surface area contributed by atoms with E-state index in [1.54, 1.807) is 0 Å². The summed E-state index contributed by atoms with van der Waals surface area (Å²) in [6.07, 6.45) is 10.5. The van der Waals surface area contributed by atoms with Crippen LogP contribution in [0, 0.1) is 6.92 Å². The lowest BCUT2D eigenvalue weighted by Crippen LogP contribution is -2.27. The van der Waals surface area contributed by atoms with Crippen LogP contribution in [0.5, 0.6) is 0 Å². The fraction of sp³-hybridized carbons (Fsp3) is 0.750. The molecule has 1 aliphatic heterocycles. The lowest BCUT2D eigenvalue weighted by molar-refractivity contribution is 0.726. The minimum atomic E-state index is 0.612. The van der Waals surface area contributed by atoms with Gasteiger partial charge in [0.2, 0.25) is 5.95 Å². The third-order valence-corrected chi connectivity index (χ3v) is 4.44. The second-order valence-electron chi connectivity index (χ2n) is 6.22. The Morgan fingerprint density at radius 2 is 1.70 bits per heavy atom. The van der Waals surface area contributed by atoms with Crippen LogP contribution >= 0.6 is 0 Å². The van der Waals surface area contributed by atoms with Gasteiger partial charge in [0.05, 0.1) is 0 Å². The zero-order chi connectivity index (χ0) is 13.8. The van der Waals surface area contributed by atoms with Gasteiger partial charge >= 0.3 is 0 Å². The summed E-state index contributed by atoms with van der Waals surface area (Å²) in [6.45, 7) is 4.28. The van der Waals surface area contributed by atoms with E-state index in [1.165, 1.54) is 51.4 Å². The second kappa shape index (κ2) is 6.42. The second-order valence-corrected chi connectivity index (χ2v) is 6.22. The zero-order valence-electron chi connectivity index (χ0n) is 12.6. The fourth-order valence-corrected chi connectivity index (χ4v) is 3.32. The first-order chi connectivity index (χ1) is 9.81. The first-order valence-electron chi connectivity index (χ1n) is 8.18. The molecule has 3 rings (SSSR count). The average molecular weight is 274 g/mol. The molecule has 2 heterocycles. The van der Waals surface area contributed by atoms with Crippen molar-refractivity contribution in [3.63, 3.8) is 0 Å². The summed E-state index contributed by atoms with van der Waals surface area (Å²) in [5, 5.41) is 3.60. The van der Waals surface area contributed by atoms with Crippen molar-refractivity contribution in [2.24, 2.45) is 0 Å². The van der Waals surface area contributed by atoms with Gasteiger partial charge in [-0.15, -0.1) is 0 Å². The molecule has 2 fully saturated rings. The molecule has 0 atom stereocenters. The van der Waals surface area contributed by atoms with Crippen LogP contribution in [-0.2, 0) is 0 Å². The van der Waals surface area contributed by atoms with E-state index in [1.807, 2.05) is 0 Å². The van der Waals surface area contributed by atoms with Crippen molar-refractivity contribution in [1.82, 2.24) is 9.97 Å². The molecule has 4 nitrogen and oxygen atoms in total. The molecular formula is C16H26N4. The van der Waals surface area contributed by atoms with Crippen molar-refractivity contribution in [2.45, 2.75) is 64.3 Å². The van der Waals surface area contributed by atoms with Gasteiger partial charge in [0.15, 0.2) is 0 Å². The third kappa shape index (κ3) is 3.41. The minimum Gasteiger partial charge on any atom is -0.367 e. The number of nitrogens with one attached hydrogen (secondary N) is 1. The molecule has 1 N–H and O–H groups in total. The van der Waals surface area contributed by atoms with E-state index < -0.39 is 0 Å². The van der Waals surface area contributed by atoms with E-state index in [2.05, 4.69) is 28.2 Å². The van der Waals surface area contributed by atoms with Gasteiger partial charge in [0, 0.05) is 30.9 Å². The molecule has 1 saturated heterocycles. The normalized spacial score (nSPS) is 20.9. The Hall–Kier alpha value is -1.32. The van der Waals surface area contributed by atoms with Gasteiger partial charge in [-0.05, 0) is 32.6 Å². The van der Waals surface area contributed by atoms with Gasteiger partial charge in [0.1, 0.15) is 5.82 Å². The van der Waals surface area contributed by atoms with Crippen LogP contribution in [0.25, 0.3) is 0 Å². The van der Waals surface area contributed by atoms with E-state index >= 15 is 0 Å². The molecule has 1 aliphatic carbocycles. The van der Waals surface area contributed by atoms with Crippen LogP contribution in [0.1, 0.15) is 57.1 Å². The predicted octanol–water partition coefficient (Wildman–Crippen LogP) is 3.52. The number of aryl methyl sites for hydroxylation is 1. The summed E-state index contributed by atoms with van der Waals surface area (Å²) in [5.41, 5.74) is 1.07. The molecule has 0 spiro atoms. The van der Waals surface area contributed by atoms with Crippen molar-refractivity contribution < 1.29 is 0 Å². The number of aromatic nitrogens is 2. The molecular weight excluding hydrogens is 248 g/mol. The van der Waals surface area contributed by atoms with Crippen LogP contribution in [0.4, 0.5) is 11.8 Å². The number of hydrogen-bond acceptors (Lipinski definition) is 4. The third-order valence-electron chi connectivity index (χ3n) is 4.44. The molecule has 1 aromatic heterocycles. The summed E-state index contributed by atoms with van der Waals surface area (Å²) >= 11 is 0. The van der Waals surface area contributed by atoms with Crippen LogP contribution in [0.15, 0.2) is 6.07 Å². The Morgan fingerprint density at radius 3 is 2.40 bits per heavy atom. The summed E-state index contributed by atoms with van der Waals surface area (Å²) in [4.78, 5) is 11.8. The highest BCUT2D eigenvalue weighted by atomic mass is 15.3. The fourth-order valence-electron chi connectivity index (χ4n) is 3.32. The first-order valence-corrected chi connectivity index (χ1v) is 8.18. The van der Waals surface area contributed by atoms with Crippen molar-refractivity contribution in [1.29, 1.82) is 0 Å². The number of hydrogen-bond donors (Lipinski definition) is 1. The van der Waals surface area contributed by atoms with Gasteiger partial charge in [-0.1, -0.05) is 25.7 Å². The standard InChI is InChI=1S/C16H26N4/c1-13-12-15(18-14-8-4-5-9-14)19-16(17-13)20-10-6-2-3-7-11-20/h12,14H,2-11H2,1H3,(H,17,18,19). The summed E-state index contributed by atoms with van der Waals surface area (Å²) < 4.78 is 0. The highest BCUT2D eigenvalue weighted by molar-refractivity contribution is 5.44. The van der Waals surface area contributed by atoms with E-state index in [0.29, 0.717) is 6.04 Å². The molecule has 0 bridgehead atoms. The molecule has 0 aromatic carbocycles. The number of nitrogens with zero attached hydrogens (tertiary/aromatic N) is 3. The Labute approximate surface area is 122 Å². The van der Waals surface area contributed by atoms with Gasteiger partial charge < -0.3 is 10.2 Å². The van der Waals surface area contributed by atoms with Gasteiger partial charge in [0.25, 0.3) is 0 Å². The molecule has 0 radical (unpaired) electrons. The van der Waals surface area contributed by atoms with Crippen molar-refractivity contribution >= 4 is 11.8 Å². The molecule has 0 amide bonds. The van der Waals surface area contributed by atoms with Crippen molar-refractivity contribution in [3.8, 4) is 0 Å². The maximum atomic E-state index is 4.77. The van der Waals surface area contributed by atoms with Gasteiger partial charge in [-0.25, -0.2) is 4.98 Å². The lowest BCUT2D eigenvalue weighted by atomic mass is 10.2. The molecule has 1 saturated carbocycles. The van der Waals surface area contributed by atoms with E-state index in [9.17, 15) is 0 Å². The highest BCUT2D eigenvalue weighted by Gasteiger charge is 2.17. The van der Waals surface area contributed by atoms with Crippen LogP contribution in [0.3, 0.4) is 0 Å². The molecule has 110 valence electrons. The summed E-state index contributed by atoms with van der Waals surface area (Å²) in [5.74, 6) is 1.94. The molecule has 2 aliphatic rings. The van der Waals surface area contributed by atoms with Crippen molar-refractivity contribution in [3.05, 3.63) is 11.8 Å². The Balaban J connectivity index is 1.74. The SMILES string of the molecule is Cc1cc(NC2CCCC2)nc(N2CCCCCC2)n1. The van der Waals surface area contributed by atoms with Crippen LogP contribution in [-0.4, -0.2) is 29.1 Å². The largest absolute Gasteiger partial charge is 0.367 e. The quantitative estimate of drug-likeness (QED) is 0.915. The zero-order valence-corrected chi connectivity index (χ0v) is 12.6. The molecule has 20 heavy (non-hydrogen) atoms. The Kier molecular flexibility index (Phi) is 4.38. The number of rotatable bonds is 3. The summed E-state index contributed by atoms with van der Waals surface area (Å²) in [6, 6.07) is 2.70. The van der Waals surface area contributed by atoms with E-state index in [0.717, 1.165) is 30.5 Å². The highest BCUT2D eigenvalue weighted by Crippen LogP contribution is 2.23.